The quantitative estimate of drug-likeness (QED) is 0.783. The Morgan fingerprint density at radius 3 is 2.13 bits per heavy atom. The van der Waals surface area contributed by atoms with Crippen molar-refractivity contribution in [3.63, 3.8) is 0 Å². The first-order valence-electron chi connectivity index (χ1n) is 5.83. The second-order valence-corrected chi connectivity index (χ2v) is 4.72. The SMILES string of the molecule is CC(CO)CCc1ccc(C(C)C)cc1. The number of hydrogen-bond acceptors (Lipinski definition) is 1. The molecular weight excluding hydrogens is 184 g/mol. The Balaban J connectivity index is 2.50. The second-order valence-electron chi connectivity index (χ2n) is 4.72. The molecule has 0 aliphatic heterocycles. The fourth-order valence-corrected chi connectivity index (χ4v) is 1.57. The monoisotopic (exact) mass is 206 g/mol. The lowest BCUT2D eigenvalue weighted by Crippen LogP contribution is -2.02. The minimum atomic E-state index is 0.296. The van der Waals surface area contributed by atoms with Crippen molar-refractivity contribution in [2.75, 3.05) is 6.61 Å². The Hall–Kier alpha value is -0.820. The van der Waals surface area contributed by atoms with Gasteiger partial charge in [0.05, 0.1) is 0 Å². The summed E-state index contributed by atoms with van der Waals surface area (Å²) in [6, 6.07) is 8.84. The molecule has 0 saturated carbocycles. The molecule has 0 aliphatic carbocycles. The van der Waals surface area contributed by atoms with Gasteiger partial charge in [0.1, 0.15) is 0 Å². The van der Waals surface area contributed by atoms with E-state index in [0.29, 0.717) is 18.4 Å². The fraction of sp³-hybridized carbons (Fsp3) is 0.571. The molecule has 1 unspecified atom stereocenters. The Labute approximate surface area is 93.1 Å². The molecule has 0 radical (unpaired) electrons. The maximum absolute atomic E-state index is 8.93. The Bertz CT molecular complexity index is 274. The molecule has 0 bridgehead atoms. The summed E-state index contributed by atoms with van der Waals surface area (Å²) in [5.41, 5.74) is 2.77. The molecule has 0 spiro atoms. The van der Waals surface area contributed by atoms with Crippen molar-refractivity contribution in [1.82, 2.24) is 0 Å². The smallest absolute Gasteiger partial charge is 0.0456 e. The van der Waals surface area contributed by atoms with Gasteiger partial charge in [-0.15, -0.1) is 0 Å². The van der Waals surface area contributed by atoms with Crippen LogP contribution in [-0.2, 0) is 6.42 Å². The highest BCUT2D eigenvalue weighted by Gasteiger charge is 2.02. The molecule has 0 heterocycles. The zero-order valence-electron chi connectivity index (χ0n) is 10.0. The van der Waals surface area contributed by atoms with Crippen LogP contribution in [0, 0.1) is 5.92 Å². The maximum atomic E-state index is 8.93. The average Bonchev–Trinajstić information content (AvgIpc) is 2.26. The third-order valence-corrected chi connectivity index (χ3v) is 2.88. The number of aliphatic hydroxyl groups excluding tert-OH is 1. The van der Waals surface area contributed by atoms with E-state index in [0.717, 1.165) is 12.8 Å². The lowest BCUT2D eigenvalue weighted by atomic mass is 9.98. The zero-order valence-corrected chi connectivity index (χ0v) is 10.0. The topological polar surface area (TPSA) is 20.2 Å². The van der Waals surface area contributed by atoms with Crippen molar-refractivity contribution < 1.29 is 5.11 Å². The van der Waals surface area contributed by atoms with Crippen LogP contribution in [0.1, 0.15) is 44.2 Å². The highest BCUT2D eigenvalue weighted by atomic mass is 16.3. The van der Waals surface area contributed by atoms with Gasteiger partial charge in [-0.25, -0.2) is 0 Å². The van der Waals surface area contributed by atoms with E-state index in [2.05, 4.69) is 45.0 Å². The van der Waals surface area contributed by atoms with Gasteiger partial charge in [-0.05, 0) is 35.8 Å². The Morgan fingerprint density at radius 1 is 1.07 bits per heavy atom. The van der Waals surface area contributed by atoms with Gasteiger partial charge in [0.25, 0.3) is 0 Å². The van der Waals surface area contributed by atoms with Crippen LogP contribution in [0.2, 0.25) is 0 Å². The van der Waals surface area contributed by atoms with Crippen molar-refractivity contribution in [3.05, 3.63) is 35.4 Å². The predicted octanol–water partition coefficient (Wildman–Crippen LogP) is 3.37. The van der Waals surface area contributed by atoms with Crippen LogP contribution in [0.5, 0.6) is 0 Å². The number of aryl methyl sites for hydroxylation is 1. The fourth-order valence-electron chi connectivity index (χ4n) is 1.57. The van der Waals surface area contributed by atoms with Crippen molar-refractivity contribution in [1.29, 1.82) is 0 Å². The summed E-state index contributed by atoms with van der Waals surface area (Å²) in [5.74, 6) is 1.02. The number of benzene rings is 1. The summed E-state index contributed by atoms with van der Waals surface area (Å²) in [4.78, 5) is 0. The molecule has 1 atom stereocenters. The minimum Gasteiger partial charge on any atom is -0.396 e. The van der Waals surface area contributed by atoms with Crippen LogP contribution < -0.4 is 0 Å². The van der Waals surface area contributed by atoms with Crippen molar-refractivity contribution in [3.8, 4) is 0 Å². The van der Waals surface area contributed by atoms with Crippen LogP contribution >= 0.6 is 0 Å². The van der Waals surface area contributed by atoms with Gasteiger partial charge in [0, 0.05) is 6.61 Å². The van der Waals surface area contributed by atoms with Gasteiger partial charge in [-0.1, -0.05) is 45.0 Å². The molecule has 0 aromatic heterocycles. The molecule has 84 valence electrons. The molecule has 1 aromatic rings. The summed E-state index contributed by atoms with van der Waals surface area (Å²) in [7, 11) is 0. The first kappa shape index (κ1) is 12.3. The molecule has 1 heteroatoms. The molecule has 1 N–H and O–H groups in total. The summed E-state index contributed by atoms with van der Waals surface area (Å²) in [6.45, 7) is 6.80. The largest absolute Gasteiger partial charge is 0.396 e. The summed E-state index contributed by atoms with van der Waals surface area (Å²) in [6.07, 6.45) is 2.14. The van der Waals surface area contributed by atoms with E-state index in [1.807, 2.05) is 0 Å². The third-order valence-electron chi connectivity index (χ3n) is 2.88. The van der Waals surface area contributed by atoms with Crippen LogP contribution in [0.3, 0.4) is 0 Å². The maximum Gasteiger partial charge on any atom is 0.0456 e. The highest BCUT2D eigenvalue weighted by molar-refractivity contribution is 5.24. The van der Waals surface area contributed by atoms with Crippen LogP contribution in [0.15, 0.2) is 24.3 Å². The molecule has 0 saturated heterocycles. The lowest BCUT2D eigenvalue weighted by Gasteiger charge is -2.09. The number of hydrogen-bond donors (Lipinski definition) is 1. The highest BCUT2D eigenvalue weighted by Crippen LogP contribution is 2.16. The van der Waals surface area contributed by atoms with Gasteiger partial charge in [0.15, 0.2) is 0 Å². The minimum absolute atomic E-state index is 0.296. The van der Waals surface area contributed by atoms with Gasteiger partial charge in [-0.3, -0.25) is 0 Å². The molecule has 1 rings (SSSR count). The van der Waals surface area contributed by atoms with Gasteiger partial charge in [0.2, 0.25) is 0 Å². The van der Waals surface area contributed by atoms with E-state index < -0.39 is 0 Å². The average molecular weight is 206 g/mol. The Morgan fingerprint density at radius 2 is 1.67 bits per heavy atom. The van der Waals surface area contributed by atoms with Gasteiger partial charge >= 0.3 is 0 Å². The molecule has 0 fully saturated rings. The van der Waals surface area contributed by atoms with Gasteiger partial charge < -0.3 is 5.11 Å². The molecule has 1 aromatic carbocycles. The molecule has 1 nitrogen and oxygen atoms in total. The van der Waals surface area contributed by atoms with Crippen LogP contribution in [0.4, 0.5) is 0 Å². The van der Waals surface area contributed by atoms with Crippen molar-refractivity contribution in [2.45, 2.75) is 39.5 Å². The predicted molar refractivity (Wildman–Crippen MR) is 65.1 cm³/mol. The standard InChI is InChI=1S/C14H22O/c1-11(2)14-8-6-13(7-9-14)5-4-12(3)10-15/h6-9,11-12,15H,4-5,10H2,1-3H3. The number of aliphatic hydroxyl groups is 1. The van der Waals surface area contributed by atoms with Crippen LogP contribution in [-0.4, -0.2) is 11.7 Å². The summed E-state index contributed by atoms with van der Waals surface area (Å²) in [5, 5.41) is 8.93. The van der Waals surface area contributed by atoms with E-state index in [1.54, 1.807) is 0 Å². The van der Waals surface area contributed by atoms with E-state index in [4.69, 9.17) is 5.11 Å². The second kappa shape index (κ2) is 5.92. The van der Waals surface area contributed by atoms with E-state index in [9.17, 15) is 0 Å². The Kier molecular flexibility index (Phi) is 4.83. The first-order valence-corrected chi connectivity index (χ1v) is 5.83. The molecular formula is C14H22O. The van der Waals surface area contributed by atoms with E-state index >= 15 is 0 Å². The third kappa shape index (κ3) is 4.05. The summed E-state index contributed by atoms with van der Waals surface area (Å²) < 4.78 is 0. The lowest BCUT2D eigenvalue weighted by molar-refractivity contribution is 0.230. The van der Waals surface area contributed by atoms with Gasteiger partial charge in [-0.2, -0.15) is 0 Å². The molecule has 15 heavy (non-hydrogen) atoms. The van der Waals surface area contributed by atoms with Crippen LogP contribution in [0.25, 0.3) is 0 Å². The van der Waals surface area contributed by atoms with E-state index in [-0.39, 0.29) is 0 Å². The van der Waals surface area contributed by atoms with E-state index in [1.165, 1.54) is 11.1 Å². The first-order chi connectivity index (χ1) is 7.13. The normalized spacial score (nSPS) is 13.1. The van der Waals surface area contributed by atoms with Crippen molar-refractivity contribution >= 4 is 0 Å². The number of rotatable bonds is 5. The van der Waals surface area contributed by atoms with Crippen molar-refractivity contribution in [2.24, 2.45) is 5.92 Å². The summed E-state index contributed by atoms with van der Waals surface area (Å²) >= 11 is 0. The molecule has 0 amide bonds. The zero-order chi connectivity index (χ0) is 11.3. The molecule has 0 aliphatic rings.